The molecule has 0 heterocycles. The van der Waals surface area contributed by atoms with E-state index in [4.69, 9.17) is 10.5 Å². The van der Waals surface area contributed by atoms with Gasteiger partial charge in [0.1, 0.15) is 6.10 Å². The van der Waals surface area contributed by atoms with Crippen LogP contribution in [0.5, 0.6) is 5.75 Å². The molecule has 0 aliphatic rings. The molecule has 19 heavy (non-hydrogen) atoms. The Labute approximate surface area is 114 Å². The molecule has 1 aromatic rings. The van der Waals surface area contributed by atoms with Crippen LogP contribution in [0.3, 0.4) is 0 Å². The molecule has 0 aromatic heterocycles. The number of rotatable bonds is 6. The predicted octanol–water partition coefficient (Wildman–Crippen LogP) is 2.25. The highest BCUT2D eigenvalue weighted by molar-refractivity contribution is 5.78. The molecule has 1 rings (SSSR count). The second-order valence-corrected chi connectivity index (χ2v) is 4.23. The van der Waals surface area contributed by atoms with Crippen molar-refractivity contribution in [2.24, 2.45) is 10.7 Å². The highest BCUT2D eigenvalue weighted by atomic mass is 19.1. The van der Waals surface area contributed by atoms with Crippen LogP contribution in [0.15, 0.2) is 29.3 Å². The van der Waals surface area contributed by atoms with Gasteiger partial charge in [-0.1, -0.05) is 12.1 Å². The van der Waals surface area contributed by atoms with Crippen LogP contribution in [0.2, 0.25) is 0 Å². The van der Waals surface area contributed by atoms with Crippen LogP contribution in [0.4, 0.5) is 4.39 Å². The number of hydrogen-bond acceptors (Lipinski definition) is 2. The molecule has 0 saturated carbocycles. The smallest absolute Gasteiger partial charge is 0.191 e. The molecule has 0 bridgehead atoms. The molecule has 1 unspecified atom stereocenters. The monoisotopic (exact) mass is 267 g/mol. The number of ether oxygens (including phenoxy) is 1. The van der Waals surface area contributed by atoms with Crippen molar-refractivity contribution >= 4 is 5.96 Å². The predicted molar refractivity (Wildman–Crippen MR) is 75.9 cm³/mol. The molecule has 5 heteroatoms. The summed E-state index contributed by atoms with van der Waals surface area (Å²) in [4.78, 5) is 6.22. The number of aliphatic imine (C=N–C) groups is 1. The van der Waals surface area contributed by atoms with E-state index in [1.54, 1.807) is 18.2 Å². The van der Waals surface area contributed by atoms with Gasteiger partial charge in [0, 0.05) is 13.1 Å². The number of benzene rings is 1. The first-order valence-electron chi connectivity index (χ1n) is 6.54. The van der Waals surface area contributed by atoms with E-state index in [1.807, 2.05) is 25.7 Å². The molecule has 0 amide bonds. The number of guanidine groups is 1. The summed E-state index contributed by atoms with van der Waals surface area (Å²) in [7, 11) is 0. The van der Waals surface area contributed by atoms with Gasteiger partial charge in [-0.3, -0.25) is 0 Å². The summed E-state index contributed by atoms with van der Waals surface area (Å²) in [5.74, 6) is 0.371. The fourth-order valence-electron chi connectivity index (χ4n) is 1.66. The normalized spacial score (nSPS) is 13.2. The Bertz CT molecular complexity index is 419. The van der Waals surface area contributed by atoms with Crippen LogP contribution < -0.4 is 10.5 Å². The lowest BCUT2D eigenvalue weighted by Gasteiger charge is -2.20. The summed E-state index contributed by atoms with van der Waals surface area (Å²) in [6, 6.07) is 6.33. The van der Waals surface area contributed by atoms with Crippen molar-refractivity contribution in [3.63, 3.8) is 0 Å². The second-order valence-electron chi connectivity index (χ2n) is 4.23. The summed E-state index contributed by atoms with van der Waals surface area (Å²) < 4.78 is 18.9. The molecule has 1 aromatic carbocycles. The maximum Gasteiger partial charge on any atom is 0.191 e. The van der Waals surface area contributed by atoms with Gasteiger partial charge in [-0.05, 0) is 32.9 Å². The maximum atomic E-state index is 13.4. The van der Waals surface area contributed by atoms with E-state index in [0.29, 0.717) is 12.5 Å². The van der Waals surface area contributed by atoms with Crippen LogP contribution in [-0.2, 0) is 0 Å². The summed E-state index contributed by atoms with van der Waals surface area (Å²) >= 11 is 0. The van der Waals surface area contributed by atoms with Crippen molar-refractivity contribution in [1.29, 1.82) is 0 Å². The molecule has 0 radical (unpaired) electrons. The fourth-order valence-corrected chi connectivity index (χ4v) is 1.66. The van der Waals surface area contributed by atoms with Crippen LogP contribution in [0.1, 0.15) is 20.8 Å². The van der Waals surface area contributed by atoms with Gasteiger partial charge in [0.05, 0.1) is 6.54 Å². The number of nitrogens with zero attached hydrogens (tertiary/aromatic N) is 2. The average molecular weight is 267 g/mol. The van der Waals surface area contributed by atoms with Gasteiger partial charge in [-0.25, -0.2) is 9.38 Å². The first-order chi connectivity index (χ1) is 9.08. The van der Waals surface area contributed by atoms with Crippen LogP contribution in [-0.4, -0.2) is 36.6 Å². The Morgan fingerprint density at radius 3 is 2.58 bits per heavy atom. The van der Waals surface area contributed by atoms with Crippen molar-refractivity contribution in [3.05, 3.63) is 30.1 Å². The Hall–Kier alpha value is -1.78. The van der Waals surface area contributed by atoms with E-state index in [2.05, 4.69) is 4.99 Å². The zero-order valence-electron chi connectivity index (χ0n) is 11.8. The average Bonchev–Trinajstić information content (AvgIpc) is 2.40. The largest absolute Gasteiger partial charge is 0.486 e. The Morgan fingerprint density at radius 1 is 1.37 bits per heavy atom. The first kappa shape index (κ1) is 15.3. The summed E-state index contributed by atoms with van der Waals surface area (Å²) in [6.45, 7) is 7.90. The lowest BCUT2D eigenvalue weighted by atomic mass is 10.3. The topological polar surface area (TPSA) is 50.8 Å². The van der Waals surface area contributed by atoms with E-state index >= 15 is 0 Å². The number of halogens is 1. The van der Waals surface area contributed by atoms with Crippen molar-refractivity contribution in [2.45, 2.75) is 26.9 Å². The highest BCUT2D eigenvalue weighted by Gasteiger charge is 2.08. The van der Waals surface area contributed by atoms with Gasteiger partial charge in [0.25, 0.3) is 0 Å². The third-order valence-electron chi connectivity index (χ3n) is 2.76. The van der Waals surface area contributed by atoms with Crippen molar-refractivity contribution < 1.29 is 9.13 Å². The first-order valence-corrected chi connectivity index (χ1v) is 6.54. The van der Waals surface area contributed by atoms with Crippen molar-refractivity contribution in [3.8, 4) is 5.75 Å². The third-order valence-corrected chi connectivity index (χ3v) is 2.76. The molecular formula is C14H22FN3O. The van der Waals surface area contributed by atoms with Gasteiger partial charge < -0.3 is 15.4 Å². The molecule has 106 valence electrons. The fraction of sp³-hybridized carbons (Fsp3) is 0.500. The quantitative estimate of drug-likeness (QED) is 0.635. The van der Waals surface area contributed by atoms with E-state index in [0.717, 1.165) is 13.1 Å². The molecule has 0 saturated heterocycles. The van der Waals surface area contributed by atoms with Gasteiger partial charge in [0.15, 0.2) is 17.5 Å². The Balaban J connectivity index is 2.54. The van der Waals surface area contributed by atoms with Gasteiger partial charge in [0.2, 0.25) is 0 Å². The van der Waals surface area contributed by atoms with Gasteiger partial charge >= 0.3 is 0 Å². The molecule has 0 fully saturated rings. The van der Waals surface area contributed by atoms with Crippen LogP contribution in [0.25, 0.3) is 0 Å². The molecule has 4 nitrogen and oxygen atoms in total. The molecule has 1 atom stereocenters. The summed E-state index contributed by atoms with van der Waals surface area (Å²) in [5.41, 5.74) is 5.86. The van der Waals surface area contributed by atoms with Crippen LogP contribution >= 0.6 is 0 Å². The highest BCUT2D eigenvalue weighted by Crippen LogP contribution is 2.16. The van der Waals surface area contributed by atoms with E-state index in [1.165, 1.54) is 6.07 Å². The summed E-state index contributed by atoms with van der Waals surface area (Å²) in [5, 5.41) is 0. The molecule has 0 aliphatic carbocycles. The maximum absolute atomic E-state index is 13.4. The second kappa shape index (κ2) is 7.61. The molecule has 2 N–H and O–H groups in total. The summed E-state index contributed by atoms with van der Waals surface area (Å²) in [6.07, 6.45) is -0.231. The minimum Gasteiger partial charge on any atom is -0.486 e. The zero-order valence-corrected chi connectivity index (χ0v) is 11.8. The Morgan fingerprint density at radius 2 is 2.00 bits per heavy atom. The van der Waals surface area contributed by atoms with E-state index < -0.39 is 0 Å². The van der Waals surface area contributed by atoms with Gasteiger partial charge in [-0.15, -0.1) is 0 Å². The number of nitrogens with two attached hydrogens (primary N) is 1. The lowest BCUT2D eigenvalue weighted by molar-refractivity contribution is 0.219. The molecule has 0 aliphatic heterocycles. The minimum atomic E-state index is -0.366. The molecule has 0 spiro atoms. The number of hydrogen-bond donors (Lipinski definition) is 1. The molecular weight excluding hydrogens is 245 g/mol. The van der Waals surface area contributed by atoms with E-state index in [9.17, 15) is 4.39 Å². The zero-order chi connectivity index (χ0) is 14.3. The Kier molecular flexibility index (Phi) is 6.12. The van der Waals surface area contributed by atoms with E-state index in [-0.39, 0.29) is 17.7 Å². The SMILES string of the molecule is CCN(CC)C(N)=NCC(C)Oc1ccccc1F. The van der Waals surface area contributed by atoms with Gasteiger partial charge in [-0.2, -0.15) is 0 Å². The third kappa shape index (κ3) is 4.77. The number of para-hydroxylation sites is 1. The van der Waals surface area contributed by atoms with Crippen molar-refractivity contribution in [1.82, 2.24) is 4.90 Å². The van der Waals surface area contributed by atoms with Crippen LogP contribution in [0, 0.1) is 5.82 Å². The minimum absolute atomic E-state index is 0.231. The van der Waals surface area contributed by atoms with Crippen molar-refractivity contribution in [2.75, 3.05) is 19.6 Å². The lowest BCUT2D eigenvalue weighted by Crippen LogP contribution is -2.37. The standard InChI is InChI=1S/C14H22FN3O/c1-4-18(5-2)14(16)17-10-11(3)19-13-9-7-6-8-12(13)15/h6-9,11H,4-5,10H2,1-3H3,(H2,16,17).